The van der Waals surface area contributed by atoms with Gasteiger partial charge < -0.3 is 15.0 Å². The van der Waals surface area contributed by atoms with Gasteiger partial charge in [-0.15, -0.1) is 0 Å². The second-order valence-electron chi connectivity index (χ2n) is 7.49. The molecule has 2 N–H and O–H groups in total. The van der Waals surface area contributed by atoms with Gasteiger partial charge in [0.05, 0.1) is 0 Å². The van der Waals surface area contributed by atoms with E-state index in [1.165, 1.54) is 0 Å². The molecule has 1 amide bonds. The minimum atomic E-state index is -0.969. The van der Waals surface area contributed by atoms with Gasteiger partial charge in [0.25, 0.3) is 5.91 Å². The minimum Gasteiger partial charge on any atom is -0.456 e. The van der Waals surface area contributed by atoms with Gasteiger partial charge in [0.15, 0.2) is 12.4 Å². The van der Waals surface area contributed by atoms with Crippen molar-refractivity contribution >= 4 is 44.5 Å². The maximum absolute atomic E-state index is 13.0. The molecule has 166 valence electrons. The third-order valence-corrected chi connectivity index (χ3v) is 5.77. The summed E-state index contributed by atoms with van der Waals surface area (Å²) >= 11 is 3.34. The Balaban J connectivity index is 1.52. The van der Waals surface area contributed by atoms with Gasteiger partial charge in [0, 0.05) is 39.1 Å². The fraction of sp³-hybridized carbons (Fsp3) is 0.115. The number of hydrogen-bond acceptors (Lipinski definition) is 4. The van der Waals surface area contributed by atoms with E-state index in [-0.39, 0.29) is 12.2 Å². The first kappa shape index (κ1) is 22.5. The summed E-state index contributed by atoms with van der Waals surface area (Å²) in [6.07, 6.45) is 2.02. The summed E-state index contributed by atoms with van der Waals surface area (Å²) in [5.41, 5.74) is 2.66. The van der Waals surface area contributed by atoms with E-state index in [1.807, 2.05) is 30.5 Å². The number of aromatic amines is 1. The highest BCUT2D eigenvalue weighted by molar-refractivity contribution is 9.10. The van der Waals surface area contributed by atoms with Crippen LogP contribution in [0.4, 0.5) is 0 Å². The van der Waals surface area contributed by atoms with E-state index in [9.17, 15) is 14.4 Å². The van der Waals surface area contributed by atoms with Gasteiger partial charge in [-0.25, -0.2) is 4.79 Å². The van der Waals surface area contributed by atoms with Gasteiger partial charge in [-0.05, 0) is 35.9 Å². The van der Waals surface area contributed by atoms with Crippen LogP contribution in [0.5, 0.6) is 0 Å². The lowest BCUT2D eigenvalue weighted by atomic mass is 10.0. The van der Waals surface area contributed by atoms with Crippen molar-refractivity contribution in [2.45, 2.75) is 12.5 Å². The van der Waals surface area contributed by atoms with Crippen molar-refractivity contribution in [1.29, 1.82) is 0 Å². The zero-order chi connectivity index (χ0) is 23.2. The first-order valence-corrected chi connectivity index (χ1v) is 11.2. The third-order valence-electron chi connectivity index (χ3n) is 5.24. The first-order valence-electron chi connectivity index (χ1n) is 10.4. The number of Topliss-reactive ketones (excluding diaryl/α,β-unsaturated/α-hetero) is 1. The van der Waals surface area contributed by atoms with Crippen molar-refractivity contribution in [3.63, 3.8) is 0 Å². The number of carbonyl (C=O) groups excluding carboxylic acids is 3. The molecular formula is C26H21BrN2O4. The Labute approximate surface area is 199 Å². The largest absolute Gasteiger partial charge is 0.456 e. The molecule has 0 fully saturated rings. The Morgan fingerprint density at radius 2 is 1.58 bits per heavy atom. The third kappa shape index (κ3) is 5.56. The molecule has 1 heterocycles. The smallest absolute Gasteiger partial charge is 0.329 e. The quantitative estimate of drug-likeness (QED) is 0.269. The molecule has 3 aromatic carbocycles. The lowest BCUT2D eigenvalue weighted by molar-refractivity contribution is -0.144. The van der Waals surface area contributed by atoms with E-state index in [0.717, 1.165) is 20.9 Å². The Bertz CT molecular complexity index is 1280. The van der Waals surface area contributed by atoms with E-state index < -0.39 is 24.5 Å². The number of fused-ring (bicyclic) bond motifs is 1. The summed E-state index contributed by atoms with van der Waals surface area (Å²) in [6.45, 7) is -0.401. The molecule has 0 aliphatic carbocycles. The number of halogens is 1. The molecule has 6 nitrogen and oxygen atoms in total. The minimum absolute atomic E-state index is 0.213. The van der Waals surface area contributed by atoms with Gasteiger partial charge in [-0.3, -0.25) is 9.59 Å². The molecule has 0 radical (unpaired) electrons. The second-order valence-corrected chi connectivity index (χ2v) is 8.41. The number of esters is 1. The zero-order valence-corrected chi connectivity index (χ0v) is 19.2. The van der Waals surface area contributed by atoms with Crippen molar-refractivity contribution in [3.05, 3.63) is 106 Å². The predicted molar refractivity (Wildman–Crippen MR) is 129 cm³/mol. The fourth-order valence-electron chi connectivity index (χ4n) is 3.50. The molecule has 7 heteroatoms. The highest BCUT2D eigenvalue weighted by Gasteiger charge is 2.25. The summed E-state index contributed by atoms with van der Waals surface area (Å²) in [4.78, 5) is 41.3. The summed E-state index contributed by atoms with van der Waals surface area (Å²) in [5, 5.41) is 3.72. The normalized spacial score (nSPS) is 11.7. The molecule has 0 spiro atoms. The molecule has 0 saturated carbocycles. The van der Waals surface area contributed by atoms with Crippen molar-refractivity contribution < 1.29 is 19.1 Å². The topological polar surface area (TPSA) is 88.3 Å². The highest BCUT2D eigenvalue weighted by atomic mass is 79.9. The molecule has 0 saturated heterocycles. The van der Waals surface area contributed by atoms with Crippen LogP contribution in [0.15, 0.2) is 89.5 Å². The molecule has 1 unspecified atom stereocenters. The number of carbonyl (C=O) groups is 3. The number of benzene rings is 3. The van der Waals surface area contributed by atoms with Crippen molar-refractivity contribution in [2.75, 3.05) is 6.61 Å². The summed E-state index contributed by atoms with van der Waals surface area (Å²) < 4.78 is 6.16. The van der Waals surface area contributed by atoms with Crippen molar-refractivity contribution in [3.8, 4) is 0 Å². The van der Waals surface area contributed by atoms with Crippen LogP contribution in [0.3, 0.4) is 0 Å². The molecule has 4 rings (SSSR count). The number of hydrogen-bond donors (Lipinski definition) is 2. The van der Waals surface area contributed by atoms with Crippen molar-refractivity contribution in [2.24, 2.45) is 0 Å². The Kier molecular flexibility index (Phi) is 7.00. The molecule has 0 bridgehead atoms. The van der Waals surface area contributed by atoms with Crippen LogP contribution >= 0.6 is 15.9 Å². The molecule has 0 aliphatic rings. The van der Waals surface area contributed by atoms with Gasteiger partial charge in [0.1, 0.15) is 6.04 Å². The van der Waals surface area contributed by atoms with E-state index in [0.29, 0.717) is 11.1 Å². The monoisotopic (exact) mass is 504 g/mol. The summed E-state index contributed by atoms with van der Waals surface area (Å²) in [6, 6.07) is 22.2. The number of H-pyrrole nitrogens is 1. The second kappa shape index (κ2) is 10.3. The molecule has 4 aromatic rings. The molecule has 1 aromatic heterocycles. The molecule has 0 aliphatic heterocycles. The number of amides is 1. The van der Waals surface area contributed by atoms with Crippen LogP contribution in [-0.2, 0) is 16.0 Å². The summed E-state index contributed by atoms with van der Waals surface area (Å²) in [7, 11) is 0. The van der Waals surface area contributed by atoms with Gasteiger partial charge in [-0.2, -0.15) is 0 Å². The lowest BCUT2D eigenvalue weighted by Crippen LogP contribution is -2.43. The Hall–Kier alpha value is -3.71. The zero-order valence-electron chi connectivity index (χ0n) is 17.6. The van der Waals surface area contributed by atoms with Crippen LogP contribution in [0.1, 0.15) is 26.3 Å². The average molecular weight is 505 g/mol. The fourth-order valence-corrected chi connectivity index (χ4v) is 3.77. The van der Waals surface area contributed by atoms with E-state index in [1.54, 1.807) is 54.6 Å². The number of ketones is 1. The number of ether oxygens (including phenoxy) is 1. The van der Waals surface area contributed by atoms with Gasteiger partial charge in [0.2, 0.25) is 0 Å². The number of rotatable bonds is 8. The number of aromatic nitrogens is 1. The Morgan fingerprint density at radius 1 is 0.879 bits per heavy atom. The maximum Gasteiger partial charge on any atom is 0.329 e. The number of nitrogens with one attached hydrogen (secondary N) is 2. The van der Waals surface area contributed by atoms with E-state index in [2.05, 4.69) is 26.2 Å². The average Bonchev–Trinajstić information content (AvgIpc) is 3.25. The van der Waals surface area contributed by atoms with Crippen LogP contribution in [-0.4, -0.2) is 35.3 Å². The van der Waals surface area contributed by atoms with Crippen molar-refractivity contribution in [1.82, 2.24) is 10.3 Å². The Morgan fingerprint density at radius 3 is 2.33 bits per heavy atom. The standard InChI is InChI=1S/C26H21BrN2O4/c27-20-12-10-18(11-13-20)25(31)29-23(14-19-15-28-22-9-5-4-8-21(19)22)26(32)33-16-24(30)17-6-2-1-3-7-17/h1-13,15,23,28H,14,16H2,(H,29,31). The molecule has 1 atom stereocenters. The molecule has 33 heavy (non-hydrogen) atoms. The van der Waals surface area contributed by atoms with Gasteiger partial charge in [-0.1, -0.05) is 64.5 Å². The first-order chi connectivity index (χ1) is 16.0. The van der Waals surface area contributed by atoms with E-state index in [4.69, 9.17) is 4.74 Å². The lowest BCUT2D eigenvalue weighted by Gasteiger charge is -2.17. The summed E-state index contributed by atoms with van der Waals surface area (Å²) in [5.74, 6) is -1.39. The SMILES string of the molecule is O=C(COC(=O)C(Cc1c[nH]c2ccccc12)NC(=O)c1ccc(Br)cc1)c1ccccc1. The maximum atomic E-state index is 13.0. The molecular weight excluding hydrogens is 484 g/mol. The van der Waals surface area contributed by atoms with Crippen LogP contribution in [0, 0.1) is 0 Å². The van der Waals surface area contributed by atoms with Crippen LogP contribution < -0.4 is 5.32 Å². The number of para-hydroxylation sites is 1. The van der Waals surface area contributed by atoms with Crippen LogP contribution in [0.2, 0.25) is 0 Å². The highest BCUT2D eigenvalue weighted by Crippen LogP contribution is 2.20. The van der Waals surface area contributed by atoms with E-state index >= 15 is 0 Å². The van der Waals surface area contributed by atoms with Gasteiger partial charge >= 0.3 is 5.97 Å². The van der Waals surface area contributed by atoms with Crippen LogP contribution in [0.25, 0.3) is 10.9 Å². The predicted octanol–water partition coefficient (Wildman–Crippen LogP) is 4.70.